The van der Waals surface area contributed by atoms with Crippen molar-refractivity contribution < 1.29 is 18.9 Å². The van der Waals surface area contributed by atoms with Gasteiger partial charge in [-0.15, -0.1) is 0 Å². The number of rotatable bonds is 9. The van der Waals surface area contributed by atoms with Gasteiger partial charge >= 0.3 is 0 Å². The molecule has 0 aliphatic heterocycles. The summed E-state index contributed by atoms with van der Waals surface area (Å²) >= 11 is 0. The zero-order valence-corrected chi connectivity index (χ0v) is 14.8. The van der Waals surface area contributed by atoms with E-state index in [-0.39, 0.29) is 12.2 Å². The highest BCUT2D eigenvalue weighted by atomic mass is 16.5. The minimum atomic E-state index is 0.169. The van der Waals surface area contributed by atoms with Gasteiger partial charge in [-0.1, -0.05) is 0 Å². The molecule has 0 radical (unpaired) electrons. The molecule has 2 aromatic rings. The number of ether oxygens (including phenoxy) is 4. The van der Waals surface area contributed by atoms with Gasteiger partial charge in [0.25, 0.3) is 0 Å². The molecular formula is C20H26O4. The third kappa shape index (κ3) is 6.41. The Hall–Kier alpha value is -2.36. The van der Waals surface area contributed by atoms with Gasteiger partial charge in [0.15, 0.2) is 0 Å². The van der Waals surface area contributed by atoms with Gasteiger partial charge < -0.3 is 18.9 Å². The molecule has 24 heavy (non-hydrogen) atoms. The summed E-state index contributed by atoms with van der Waals surface area (Å²) < 4.78 is 22.5. The SMILES string of the molecule is CC(C)Oc1ccc(OCCOc2ccc(OC(C)C)cc2)cc1. The van der Waals surface area contributed by atoms with Gasteiger partial charge in [-0.05, 0) is 76.2 Å². The summed E-state index contributed by atoms with van der Waals surface area (Å²) in [5.41, 5.74) is 0. The van der Waals surface area contributed by atoms with Crippen molar-refractivity contribution in [1.29, 1.82) is 0 Å². The van der Waals surface area contributed by atoms with Gasteiger partial charge in [0.2, 0.25) is 0 Å². The maximum atomic E-state index is 5.66. The van der Waals surface area contributed by atoms with Crippen molar-refractivity contribution in [1.82, 2.24) is 0 Å². The van der Waals surface area contributed by atoms with Crippen LogP contribution in [0, 0.1) is 0 Å². The van der Waals surface area contributed by atoms with Crippen molar-refractivity contribution >= 4 is 0 Å². The molecule has 0 N–H and O–H groups in total. The van der Waals surface area contributed by atoms with Crippen LogP contribution in [0.4, 0.5) is 0 Å². The first-order valence-corrected chi connectivity index (χ1v) is 8.32. The maximum Gasteiger partial charge on any atom is 0.122 e. The molecule has 2 aromatic carbocycles. The van der Waals surface area contributed by atoms with Gasteiger partial charge in [-0.25, -0.2) is 0 Å². The second-order valence-corrected chi connectivity index (χ2v) is 5.97. The van der Waals surface area contributed by atoms with E-state index in [1.165, 1.54) is 0 Å². The van der Waals surface area contributed by atoms with Gasteiger partial charge in [0.05, 0.1) is 12.2 Å². The Morgan fingerprint density at radius 3 is 1.12 bits per heavy atom. The Kier molecular flexibility index (Phi) is 6.79. The standard InChI is InChI=1S/C20H26O4/c1-15(2)23-19-9-5-17(6-10-19)21-13-14-22-18-7-11-20(12-8-18)24-16(3)4/h5-12,15-16H,13-14H2,1-4H3. The largest absolute Gasteiger partial charge is 0.491 e. The molecular weight excluding hydrogens is 304 g/mol. The quantitative estimate of drug-likeness (QED) is 0.624. The van der Waals surface area contributed by atoms with Crippen LogP contribution in [0.5, 0.6) is 23.0 Å². The predicted octanol–water partition coefficient (Wildman–Crippen LogP) is 4.72. The first-order valence-electron chi connectivity index (χ1n) is 8.32. The molecule has 0 bridgehead atoms. The fraction of sp³-hybridized carbons (Fsp3) is 0.400. The first kappa shape index (κ1) is 18.0. The fourth-order valence-electron chi connectivity index (χ4n) is 2.09. The second-order valence-electron chi connectivity index (χ2n) is 5.97. The zero-order valence-electron chi connectivity index (χ0n) is 14.8. The average molecular weight is 330 g/mol. The molecule has 0 fully saturated rings. The molecule has 130 valence electrons. The van der Waals surface area contributed by atoms with Crippen LogP contribution in [-0.2, 0) is 0 Å². The van der Waals surface area contributed by atoms with Gasteiger partial charge in [0, 0.05) is 0 Å². The smallest absolute Gasteiger partial charge is 0.122 e. The average Bonchev–Trinajstić information content (AvgIpc) is 2.53. The van der Waals surface area contributed by atoms with Crippen molar-refractivity contribution in [2.75, 3.05) is 13.2 Å². The molecule has 4 heteroatoms. The van der Waals surface area contributed by atoms with E-state index in [0.717, 1.165) is 23.0 Å². The van der Waals surface area contributed by atoms with Crippen LogP contribution in [0.1, 0.15) is 27.7 Å². The number of benzene rings is 2. The molecule has 0 unspecified atom stereocenters. The Balaban J connectivity index is 1.70. The first-order chi connectivity index (χ1) is 11.5. The van der Waals surface area contributed by atoms with Crippen LogP contribution in [0.3, 0.4) is 0 Å². The van der Waals surface area contributed by atoms with E-state index in [2.05, 4.69) is 0 Å². The second kappa shape index (κ2) is 9.06. The van der Waals surface area contributed by atoms with Gasteiger partial charge in [-0.3, -0.25) is 0 Å². The van der Waals surface area contributed by atoms with Crippen LogP contribution in [-0.4, -0.2) is 25.4 Å². The topological polar surface area (TPSA) is 36.9 Å². The molecule has 2 rings (SSSR count). The highest BCUT2D eigenvalue weighted by Crippen LogP contribution is 2.20. The molecule has 0 atom stereocenters. The molecule has 0 saturated heterocycles. The van der Waals surface area contributed by atoms with Gasteiger partial charge in [-0.2, -0.15) is 0 Å². The van der Waals surface area contributed by atoms with E-state index >= 15 is 0 Å². The summed E-state index contributed by atoms with van der Waals surface area (Å²) in [7, 11) is 0. The molecule has 0 amide bonds. The van der Waals surface area contributed by atoms with E-state index in [4.69, 9.17) is 18.9 Å². The molecule has 0 heterocycles. The summed E-state index contributed by atoms with van der Waals surface area (Å²) in [5, 5.41) is 0. The van der Waals surface area contributed by atoms with Crippen LogP contribution >= 0.6 is 0 Å². The number of hydrogen-bond acceptors (Lipinski definition) is 4. The van der Waals surface area contributed by atoms with E-state index < -0.39 is 0 Å². The zero-order chi connectivity index (χ0) is 17.4. The Morgan fingerprint density at radius 1 is 0.542 bits per heavy atom. The highest BCUT2D eigenvalue weighted by molar-refractivity contribution is 5.32. The van der Waals surface area contributed by atoms with Crippen molar-refractivity contribution in [3.63, 3.8) is 0 Å². The Bertz CT molecular complexity index is 533. The van der Waals surface area contributed by atoms with Gasteiger partial charge in [0.1, 0.15) is 36.2 Å². The third-order valence-corrected chi connectivity index (χ3v) is 3.01. The molecule has 0 aliphatic carbocycles. The van der Waals surface area contributed by atoms with E-state index in [9.17, 15) is 0 Å². The molecule has 4 nitrogen and oxygen atoms in total. The van der Waals surface area contributed by atoms with Crippen molar-refractivity contribution in [2.45, 2.75) is 39.9 Å². The third-order valence-electron chi connectivity index (χ3n) is 3.01. The molecule has 0 aromatic heterocycles. The van der Waals surface area contributed by atoms with Crippen molar-refractivity contribution in [2.24, 2.45) is 0 Å². The Morgan fingerprint density at radius 2 is 0.833 bits per heavy atom. The summed E-state index contributed by atoms with van der Waals surface area (Å²) in [4.78, 5) is 0. The molecule has 0 aliphatic rings. The molecule has 0 spiro atoms. The van der Waals surface area contributed by atoms with E-state index in [1.54, 1.807) is 0 Å². The predicted molar refractivity (Wildman–Crippen MR) is 95.4 cm³/mol. The maximum absolute atomic E-state index is 5.66. The van der Waals surface area contributed by atoms with Crippen LogP contribution in [0.15, 0.2) is 48.5 Å². The summed E-state index contributed by atoms with van der Waals surface area (Å²) in [6.07, 6.45) is 0.338. The Labute approximate surface area is 144 Å². The van der Waals surface area contributed by atoms with Crippen molar-refractivity contribution in [3.05, 3.63) is 48.5 Å². The summed E-state index contributed by atoms with van der Waals surface area (Å²) in [6.45, 7) is 8.97. The lowest BCUT2D eigenvalue weighted by Crippen LogP contribution is -2.09. The minimum Gasteiger partial charge on any atom is -0.491 e. The minimum absolute atomic E-state index is 0.169. The van der Waals surface area contributed by atoms with Crippen molar-refractivity contribution in [3.8, 4) is 23.0 Å². The van der Waals surface area contributed by atoms with Crippen LogP contribution in [0.2, 0.25) is 0 Å². The monoisotopic (exact) mass is 330 g/mol. The number of hydrogen-bond donors (Lipinski definition) is 0. The van der Waals surface area contributed by atoms with E-state index in [0.29, 0.717) is 13.2 Å². The fourth-order valence-corrected chi connectivity index (χ4v) is 2.09. The summed E-state index contributed by atoms with van der Waals surface area (Å²) in [6, 6.07) is 15.2. The van der Waals surface area contributed by atoms with E-state index in [1.807, 2.05) is 76.2 Å². The van der Waals surface area contributed by atoms with Crippen LogP contribution in [0.25, 0.3) is 0 Å². The molecule has 0 saturated carbocycles. The van der Waals surface area contributed by atoms with Crippen LogP contribution < -0.4 is 18.9 Å². The summed E-state index contributed by atoms with van der Waals surface area (Å²) in [5.74, 6) is 3.29. The lowest BCUT2D eigenvalue weighted by atomic mass is 10.3. The normalized spacial score (nSPS) is 10.8. The lowest BCUT2D eigenvalue weighted by Gasteiger charge is -2.12. The highest BCUT2D eigenvalue weighted by Gasteiger charge is 2.01. The lowest BCUT2D eigenvalue weighted by molar-refractivity contribution is 0.215.